The Morgan fingerprint density at radius 1 is 1.54 bits per heavy atom. The van der Waals surface area contributed by atoms with Gasteiger partial charge in [-0.2, -0.15) is 0 Å². The van der Waals surface area contributed by atoms with Gasteiger partial charge in [0.15, 0.2) is 0 Å². The van der Waals surface area contributed by atoms with E-state index in [0.29, 0.717) is 0 Å². The first kappa shape index (κ1) is 10.6. The lowest BCUT2D eigenvalue weighted by Gasteiger charge is -1.94. The topological polar surface area (TPSA) is 42.4 Å². The third-order valence-corrected chi connectivity index (χ3v) is 2.82. The van der Waals surface area contributed by atoms with Crippen molar-refractivity contribution in [3.8, 4) is 0 Å². The van der Waals surface area contributed by atoms with Gasteiger partial charge in [0, 0.05) is 44.2 Å². The quantitative estimate of drug-likeness (QED) is 0.704. The van der Waals surface area contributed by atoms with Crippen LogP contribution >= 0.6 is 11.3 Å². The van der Waals surface area contributed by atoms with Crippen molar-refractivity contribution in [1.29, 1.82) is 0 Å². The number of aromatic nitrogens is 1. The third kappa shape index (κ3) is 3.85. The molecule has 0 bridgehead atoms. The second-order valence-electron chi connectivity index (χ2n) is 2.79. The van der Waals surface area contributed by atoms with Crippen LogP contribution in [0, 0.1) is 0 Å². The molecule has 0 aromatic carbocycles. The summed E-state index contributed by atoms with van der Waals surface area (Å²) in [7, 11) is 1.71. The maximum atomic E-state index is 8.70. The molecule has 13 heavy (non-hydrogen) atoms. The highest BCUT2D eigenvalue weighted by molar-refractivity contribution is 7.11. The molecule has 0 saturated heterocycles. The average molecular weight is 201 g/mol. The fraction of sp³-hybridized carbons (Fsp3) is 0.667. The molecule has 0 aliphatic carbocycles. The molecule has 1 aromatic rings. The molecule has 0 saturated carbocycles. The van der Waals surface area contributed by atoms with E-state index in [9.17, 15) is 0 Å². The molecule has 0 aliphatic rings. The van der Waals surface area contributed by atoms with Crippen molar-refractivity contribution in [2.24, 2.45) is 0 Å². The summed E-state index contributed by atoms with van der Waals surface area (Å²) in [5.41, 5.74) is 0. The van der Waals surface area contributed by atoms with E-state index in [1.165, 1.54) is 0 Å². The maximum absolute atomic E-state index is 8.70. The number of aryl methyl sites for hydroxylation is 1. The fourth-order valence-electron chi connectivity index (χ4n) is 1.06. The van der Waals surface area contributed by atoms with Crippen molar-refractivity contribution >= 4 is 11.3 Å². The van der Waals surface area contributed by atoms with Crippen LogP contribution in [0.3, 0.4) is 0 Å². The van der Waals surface area contributed by atoms with Crippen LogP contribution in [0.1, 0.15) is 16.3 Å². The molecule has 0 atom stereocenters. The summed E-state index contributed by atoms with van der Waals surface area (Å²) in [5.74, 6) is 0. The van der Waals surface area contributed by atoms with Crippen molar-refractivity contribution in [3.63, 3.8) is 0 Å². The molecule has 1 heterocycles. The first-order valence-electron chi connectivity index (χ1n) is 4.40. The van der Waals surface area contributed by atoms with Gasteiger partial charge in [-0.15, -0.1) is 11.3 Å². The summed E-state index contributed by atoms with van der Waals surface area (Å²) < 4.78 is 4.95. The van der Waals surface area contributed by atoms with Gasteiger partial charge in [0.05, 0.1) is 5.01 Å². The molecule has 1 aromatic heterocycles. The van der Waals surface area contributed by atoms with E-state index in [1.54, 1.807) is 18.4 Å². The fourth-order valence-corrected chi connectivity index (χ4v) is 2.01. The molecule has 0 fully saturated rings. The first-order chi connectivity index (χ1) is 6.36. The predicted molar refractivity (Wildman–Crippen MR) is 53.1 cm³/mol. The van der Waals surface area contributed by atoms with E-state index in [2.05, 4.69) is 4.98 Å². The molecule has 3 nitrogen and oxygen atoms in total. The van der Waals surface area contributed by atoms with Crippen LogP contribution in [0.15, 0.2) is 6.20 Å². The van der Waals surface area contributed by atoms with Crippen molar-refractivity contribution in [2.75, 3.05) is 20.3 Å². The molecule has 1 N–H and O–H groups in total. The Labute approximate surface area is 82.4 Å². The highest BCUT2D eigenvalue weighted by Crippen LogP contribution is 2.14. The van der Waals surface area contributed by atoms with Crippen LogP contribution in [0.2, 0.25) is 0 Å². The molecule has 0 aliphatic heterocycles. The molecule has 74 valence electrons. The smallest absolute Gasteiger partial charge is 0.0928 e. The van der Waals surface area contributed by atoms with E-state index in [1.807, 2.05) is 6.20 Å². The van der Waals surface area contributed by atoms with Gasteiger partial charge >= 0.3 is 0 Å². The van der Waals surface area contributed by atoms with Gasteiger partial charge < -0.3 is 9.84 Å². The van der Waals surface area contributed by atoms with Crippen LogP contribution < -0.4 is 0 Å². The molecular weight excluding hydrogens is 186 g/mol. The minimum atomic E-state index is 0.208. The zero-order valence-electron chi connectivity index (χ0n) is 7.82. The number of nitrogens with zero attached hydrogens (tertiary/aromatic N) is 1. The molecule has 0 unspecified atom stereocenters. The van der Waals surface area contributed by atoms with Gasteiger partial charge in [-0.25, -0.2) is 4.98 Å². The predicted octanol–water partition coefficient (Wildman–Crippen LogP) is 1.26. The van der Waals surface area contributed by atoms with E-state index in [0.717, 1.165) is 35.8 Å². The van der Waals surface area contributed by atoms with Crippen LogP contribution in [0.4, 0.5) is 0 Å². The normalized spacial score (nSPS) is 10.6. The number of aliphatic hydroxyl groups is 1. The largest absolute Gasteiger partial charge is 0.396 e. The lowest BCUT2D eigenvalue weighted by atomic mass is 10.3. The number of rotatable bonds is 6. The summed E-state index contributed by atoms with van der Waals surface area (Å²) >= 11 is 1.68. The van der Waals surface area contributed by atoms with Crippen molar-refractivity contribution in [2.45, 2.75) is 19.3 Å². The van der Waals surface area contributed by atoms with Gasteiger partial charge in [0.25, 0.3) is 0 Å². The molecular formula is C9H15NO2S. The van der Waals surface area contributed by atoms with Gasteiger partial charge in [-0.05, 0) is 6.42 Å². The number of methoxy groups -OCH3 is 1. The minimum absolute atomic E-state index is 0.208. The molecule has 0 radical (unpaired) electrons. The summed E-state index contributed by atoms with van der Waals surface area (Å²) in [6.45, 7) is 0.995. The Bertz CT molecular complexity index is 237. The van der Waals surface area contributed by atoms with Crippen LogP contribution in [0.25, 0.3) is 0 Å². The Morgan fingerprint density at radius 2 is 2.38 bits per heavy atom. The van der Waals surface area contributed by atoms with Gasteiger partial charge in [-0.1, -0.05) is 0 Å². The lowest BCUT2D eigenvalue weighted by Crippen LogP contribution is -1.91. The van der Waals surface area contributed by atoms with Crippen molar-refractivity contribution in [3.05, 3.63) is 16.1 Å². The molecule has 0 amide bonds. The lowest BCUT2D eigenvalue weighted by molar-refractivity contribution is 0.195. The summed E-state index contributed by atoms with van der Waals surface area (Å²) in [6, 6.07) is 0. The number of hydrogen-bond acceptors (Lipinski definition) is 4. The monoisotopic (exact) mass is 201 g/mol. The number of ether oxygens (including phenoxy) is 1. The van der Waals surface area contributed by atoms with Crippen molar-refractivity contribution in [1.82, 2.24) is 4.98 Å². The van der Waals surface area contributed by atoms with E-state index < -0.39 is 0 Å². The van der Waals surface area contributed by atoms with E-state index >= 15 is 0 Å². The standard InChI is InChI=1S/C9H15NO2S/c1-12-6-2-3-9-10-7-8(13-9)4-5-11/h7,11H,2-6H2,1H3. The Hall–Kier alpha value is -0.450. The van der Waals surface area contributed by atoms with Crippen LogP contribution in [-0.2, 0) is 17.6 Å². The summed E-state index contributed by atoms with van der Waals surface area (Å²) in [5, 5.41) is 9.84. The molecule has 4 heteroatoms. The zero-order chi connectivity index (χ0) is 9.52. The Morgan fingerprint density at radius 3 is 3.08 bits per heavy atom. The third-order valence-electron chi connectivity index (χ3n) is 1.70. The Balaban J connectivity index is 2.31. The SMILES string of the molecule is COCCCc1ncc(CCO)s1. The highest BCUT2D eigenvalue weighted by Gasteiger charge is 2.00. The van der Waals surface area contributed by atoms with Gasteiger partial charge in [0.2, 0.25) is 0 Å². The average Bonchev–Trinajstić information content (AvgIpc) is 2.54. The van der Waals surface area contributed by atoms with Gasteiger partial charge in [-0.3, -0.25) is 0 Å². The van der Waals surface area contributed by atoms with Gasteiger partial charge in [0.1, 0.15) is 0 Å². The Kier molecular flexibility index (Phi) is 4.97. The molecule has 1 rings (SSSR count). The van der Waals surface area contributed by atoms with E-state index in [-0.39, 0.29) is 6.61 Å². The van der Waals surface area contributed by atoms with Crippen LogP contribution in [-0.4, -0.2) is 30.4 Å². The van der Waals surface area contributed by atoms with E-state index in [4.69, 9.17) is 9.84 Å². The summed E-state index contributed by atoms with van der Waals surface area (Å²) in [6.07, 6.45) is 4.57. The number of hydrogen-bond donors (Lipinski definition) is 1. The number of aliphatic hydroxyl groups excluding tert-OH is 1. The second-order valence-corrected chi connectivity index (χ2v) is 3.99. The number of thiazole rings is 1. The second kappa shape index (κ2) is 6.07. The zero-order valence-corrected chi connectivity index (χ0v) is 8.64. The van der Waals surface area contributed by atoms with Crippen molar-refractivity contribution < 1.29 is 9.84 Å². The first-order valence-corrected chi connectivity index (χ1v) is 5.22. The molecule has 0 spiro atoms. The maximum Gasteiger partial charge on any atom is 0.0928 e. The highest BCUT2D eigenvalue weighted by atomic mass is 32.1. The summed E-state index contributed by atoms with van der Waals surface area (Å²) in [4.78, 5) is 5.42. The minimum Gasteiger partial charge on any atom is -0.396 e. The van der Waals surface area contributed by atoms with Crippen LogP contribution in [0.5, 0.6) is 0 Å².